The number of halogens is 1. The zero-order valence-corrected chi connectivity index (χ0v) is 16.2. The standard InChI is InChI=1S/C17H22BrNO6/c1-16(2,3)24-15(22)19-25-17(4,14(20)21)13-8-5-10-9-11(18)6-7-12(10)23-13/h6-7,9,13H,5,8H2,1-4H3,(H,19,22)(H,20,21). The van der Waals surface area contributed by atoms with Crippen molar-refractivity contribution in [1.82, 2.24) is 5.48 Å². The van der Waals surface area contributed by atoms with E-state index in [0.29, 0.717) is 18.6 Å². The van der Waals surface area contributed by atoms with Gasteiger partial charge in [-0.25, -0.2) is 14.4 Å². The number of hydroxylamine groups is 1. The minimum absolute atomic E-state index is 0.433. The first-order valence-corrected chi connectivity index (χ1v) is 8.66. The minimum atomic E-state index is -1.76. The highest BCUT2D eigenvalue weighted by Gasteiger charge is 2.47. The normalized spacial score (nSPS) is 19.2. The fourth-order valence-corrected chi connectivity index (χ4v) is 2.85. The summed E-state index contributed by atoms with van der Waals surface area (Å²) in [4.78, 5) is 28.7. The molecule has 2 rings (SSSR count). The zero-order chi connectivity index (χ0) is 18.8. The van der Waals surface area contributed by atoms with E-state index in [-0.39, 0.29) is 0 Å². The molecule has 7 nitrogen and oxygen atoms in total. The molecule has 2 unspecified atom stereocenters. The first kappa shape index (κ1) is 19.5. The Morgan fingerprint density at radius 1 is 1.32 bits per heavy atom. The number of fused-ring (bicyclic) bond motifs is 1. The first-order valence-electron chi connectivity index (χ1n) is 7.87. The Hall–Kier alpha value is -1.80. The number of rotatable bonds is 4. The Labute approximate surface area is 154 Å². The fourth-order valence-electron chi connectivity index (χ4n) is 2.44. The van der Waals surface area contributed by atoms with Crippen molar-refractivity contribution in [3.05, 3.63) is 28.2 Å². The Morgan fingerprint density at radius 2 is 2.00 bits per heavy atom. The smallest absolute Gasteiger partial charge is 0.431 e. The third-order valence-electron chi connectivity index (χ3n) is 3.75. The maximum absolute atomic E-state index is 11.8. The molecule has 0 spiro atoms. The van der Waals surface area contributed by atoms with E-state index in [9.17, 15) is 14.7 Å². The Bertz CT molecular complexity index is 672. The van der Waals surface area contributed by atoms with Crippen molar-refractivity contribution in [3.63, 3.8) is 0 Å². The van der Waals surface area contributed by atoms with Gasteiger partial charge >= 0.3 is 12.1 Å². The van der Waals surface area contributed by atoms with E-state index in [1.807, 2.05) is 12.1 Å². The highest BCUT2D eigenvalue weighted by atomic mass is 79.9. The van der Waals surface area contributed by atoms with Crippen molar-refractivity contribution < 1.29 is 29.0 Å². The van der Waals surface area contributed by atoms with Crippen LogP contribution < -0.4 is 10.2 Å². The van der Waals surface area contributed by atoms with E-state index >= 15 is 0 Å². The number of aliphatic carboxylic acids is 1. The predicted molar refractivity (Wildman–Crippen MR) is 93.4 cm³/mol. The van der Waals surface area contributed by atoms with Crippen LogP contribution in [-0.2, 0) is 20.8 Å². The van der Waals surface area contributed by atoms with E-state index in [1.165, 1.54) is 6.92 Å². The molecule has 2 N–H and O–H groups in total. The van der Waals surface area contributed by atoms with Crippen molar-refractivity contribution in [1.29, 1.82) is 0 Å². The quantitative estimate of drug-likeness (QED) is 0.731. The van der Waals surface area contributed by atoms with Crippen molar-refractivity contribution in [2.75, 3.05) is 0 Å². The number of hydrogen-bond acceptors (Lipinski definition) is 5. The summed E-state index contributed by atoms with van der Waals surface area (Å²) in [5, 5.41) is 9.62. The number of carboxylic acids is 1. The summed E-state index contributed by atoms with van der Waals surface area (Å²) in [5.41, 5.74) is 0.563. The predicted octanol–water partition coefficient (Wildman–Crippen LogP) is 3.44. The third-order valence-corrected chi connectivity index (χ3v) is 4.25. The van der Waals surface area contributed by atoms with E-state index in [0.717, 1.165) is 10.0 Å². The number of carboxylic acid groups (broad SMARTS) is 1. The monoisotopic (exact) mass is 415 g/mol. The second kappa shape index (κ2) is 7.21. The molecule has 138 valence electrons. The van der Waals surface area contributed by atoms with Gasteiger partial charge < -0.3 is 14.6 Å². The number of nitrogens with one attached hydrogen (secondary N) is 1. The molecule has 8 heteroatoms. The summed E-state index contributed by atoms with van der Waals surface area (Å²) < 4.78 is 11.8. The maximum atomic E-state index is 11.8. The molecule has 1 heterocycles. The number of ether oxygens (including phenoxy) is 2. The van der Waals surface area contributed by atoms with Gasteiger partial charge in [-0.15, -0.1) is 0 Å². The lowest BCUT2D eigenvalue weighted by molar-refractivity contribution is -0.190. The molecule has 0 aliphatic carbocycles. The van der Waals surface area contributed by atoms with Crippen LogP contribution in [0, 0.1) is 0 Å². The number of benzene rings is 1. The van der Waals surface area contributed by atoms with Crippen LogP contribution in [0.5, 0.6) is 5.75 Å². The lowest BCUT2D eigenvalue weighted by atomic mass is 9.91. The van der Waals surface area contributed by atoms with Gasteiger partial charge in [0, 0.05) is 4.47 Å². The summed E-state index contributed by atoms with van der Waals surface area (Å²) in [6.45, 7) is 6.45. The van der Waals surface area contributed by atoms with E-state index in [2.05, 4.69) is 21.4 Å². The Balaban J connectivity index is 2.10. The average Bonchev–Trinajstić information content (AvgIpc) is 2.50. The van der Waals surface area contributed by atoms with Crippen LogP contribution in [0.15, 0.2) is 22.7 Å². The van der Waals surface area contributed by atoms with Gasteiger partial charge in [0.25, 0.3) is 0 Å². The lowest BCUT2D eigenvalue weighted by Gasteiger charge is -2.36. The van der Waals surface area contributed by atoms with Crippen LogP contribution in [0.3, 0.4) is 0 Å². The number of carbonyl (C=O) groups is 2. The summed E-state index contributed by atoms with van der Waals surface area (Å²) >= 11 is 3.40. The van der Waals surface area contributed by atoms with Crippen LogP contribution in [-0.4, -0.2) is 34.5 Å². The highest BCUT2D eigenvalue weighted by molar-refractivity contribution is 9.10. The maximum Gasteiger partial charge on any atom is 0.431 e. The number of aryl methyl sites for hydroxylation is 1. The molecule has 1 aliphatic heterocycles. The molecule has 0 aromatic heterocycles. The van der Waals surface area contributed by atoms with Crippen molar-refractivity contribution in [2.24, 2.45) is 0 Å². The van der Waals surface area contributed by atoms with Crippen molar-refractivity contribution in [3.8, 4) is 5.75 Å². The molecule has 1 aliphatic rings. The van der Waals surface area contributed by atoms with Crippen molar-refractivity contribution >= 4 is 28.0 Å². The number of carbonyl (C=O) groups excluding carboxylic acids is 1. The van der Waals surface area contributed by atoms with Gasteiger partial charge in [-0.1, -0.05) is 15.9 Å². The van der Waals surface area contributed by atoms with Gasteiger partial charge in [0.2, 0.25) is 5.60 Å². The number of amides is 1. The number of hydrogen-bond donors (Lipinski definition) is 2. The second-order valence-corrected chi connectivity index (χ2v) is 7.93. The van der Waals surface area contributed by atoms with Crippen LogP contribution in [0.2, 0.25) is 0 Å². The first-order chi connectivity index (χ1) is 11.5. The average molecular weight is 416 g/mol. The molecule has 0 fully saturated rings. The molecular formula is C17H22BrNO6. The van der Waals surface area contributed by atoms with Crippen LogP contribution in [0.1, 0.15) is 39.7 Å². The van der Waals surface area contributed by atoms with Gasteiger partial charge in [-0.3, -0.25) is 0 Å². The van der Waals surface area contributed by atoms with E-state index < -0.39 is 29.4 Å². The van der Waals surface area contributed by atoms with Gasteiger partial charge in [0.05, 0.1) is 0 Å². The summed E-state index contributed by atoms with van der Waals surface area (Å²) in [6, 6.07) is 5.53. The molecule has 1 aromatic rings. The fraction of sp³-hybridized carbons (Fsp3) is 0.529. The topological polar surface area (TPSA) is 94.1 Å². The van der Waals surface area contributed by atoms with Gasteiger partial charge in [0.1, 0.15) is 17.5 Å². The second-order valence-electron chi connectivity index (χ2n) is 7.02. The van der Waals surface area contributed by atoms with E-state index in [4.69, 9.17) is 14.3 Å². The molecule has 25 heavy (non-hydrogen) atoms. The van der Waals surface area contributed by atoms with Crippen molar-refractivity contribution in [2.45, 2.75) is 57.8 Å². The Morgan fingerprint density at radius 3 is 2.60 bits per heavy atom. The van der Waals surface area contributed by atoms with E-state index in [1.54, 1.807) is 26.8 Å². The highest BCUT2D eigenvalue weighted by Crippen LogP contribution is 2.34. The van der Waals surface area contributed by atoms with Crippen LogP contribution >= 0.6 is 15.9 Å². The molecule has 0 saturated carbocycles. The van der Waals surface area contributed by atoms with Gasteiger partial charge in [-0.05, 0) is 64.3 Å². The summed E-state index contributed by atoms with van der Waals surface area (Å²) in [7, 11) is 0. The molecule has 1 aromatic carbocycles. The zero-order valence-electron chi connectivity index (χ0n) is 14.6. The molecule has 0 saturated heterocycles. The van der Waals surface area contributed by atoms with Crippen LogP contribution in [0.25, 0.3) is 0 Å². The molecule has 2 atom stereocenters. The molecule has 0 radical (unpaired) electrons. The minimum Gasteiger partial charge on any atom is -0.486 e. The lowest BCUT2D eigenvalue weighted by Crippen LogP contribution is -2.56. The third kappa shape index (κ3) is 4.85. The Kier molecular flexibility index (Phi) is 5.63. The van der Waals surface area contributed by atoms with Crippen LogP contribution in [0.4, 0.5) is 4.79 Å². The molecule has 1 amide bonds. The summed E-state index contributed by atoms with van der Waals surface area (Å²) in [6.07, 6.45) is -0.561. The molecular weight excluding hydrogens is 394 g/mol. The largest absolute Gasteiger partial charge is 0.486 e. The molecule has 0 bridgehead atoms. The summed E-state index contributed by atoms with van der Waals surface area (Å²) in [5.74, 6) is -0.637. The van der Waals surface area contributed by atoms with Gasteiger partial charge in [0.15, 0.2) is 0 Å². The van der Waals surface area contributed by atoms with Gasteiger partial charge in [-0.2, -0.15) is 5.48 Å². The SMILES string of the molecule is CC(C)(C)OC(=O)NOC(C)(C(=O)O)C1CCc2cc(Br)ccc2O1.